The molecule has 0 bridgehead atoms. The number of anilines is 2. The Bertz CT molecular complexity index is 1460. The summed E-state index contributed by atoms with van der Waals surface area (Å²) in [7, 11) is -2.90. The van der Waals surface area contributed by atoms with Gasteiger partial charge in [-0.25, -0.2) is 17.9 Å². The summed E-state index contributed by atoms with van der Waals surface area (Å²) in [6, 6.07) is 15.5. The summed E-state index contributed by atoms with van der Waals surface area (Å²) in [4.78, 5) is 15.6. The molecule has 1 fully saturated rings. The van der Waals surface area contributed by atoms with Crippen LogP contribution in [0.25, 0.3) is 0 Å². The van der Waals surface area contributed by atoms with E-state index in [-0.39, 0.29) is 18.0 Å². The summed E-state index contributed by atoms with van der Waals surface area (Å²) in [6.45, 7) is -0.120. The number of ether oxygens (including phenoxy) is 2. The van der Waals surface area contributed by atoms with Crippen LogP contribution >= 0.6 is 0 Å². The molecule has 0 saturated carbocycles. The molecule has 3 aromatic rings. The predicted molar refractivity (Wildman–Crippen MR) is 138 cm³/mol. The minimum atomic E-state index is -4.93. The zero-order valence-electron chi connectivity index (χ0n) is 21.0. The number of nitrogens with one attached hydrogen (secondary N) is 2. The molecule has 0 unspecified atom stereocenters. The van der Waals surface area contributed by atoms with Crippen LogP contribution in [0.4, 0.5) is 29.3 Å². The lowest BCUT2D eigenvalue weighted by Gasteiger charge is -2.47. The summed E-state index contributed by atoms with van der Waals surface area (Å²) in [5, 5.41) is 14.1. The molecule has 10 nitrogen and oxygen atoms in total. The molecule has 0 aliphatic carbocycles. The van der Waals surface area contributed by atoms with Crippen LogP contribution in [0.3, 0.4) is 0 Å². The maximum atomic E-state index is 13.2. The van der Waals surface area contributed by atoms with Gasteiger partial charge in [0, 0.05) is 20.1 Å². The van der Waals surface area contributed by atoms with Gasteiger partial charge in [0.15, 0.2) is 11.5 Å². The lowest BCUT2D eigenvalue weighted by Crippen LogP contribution is -2.66. The quantitative estimate of drug-likeness (QED) is 0.424. The van der Waals surface area contributed by atoms with Crippen molar-refractivity contribution in [3.63, 3.8) is 0 Å². The summed E-state index contributed by atoms with van der Waals surface area (Å²) in [6.07, 6.45) is -6.25. The molecule has 212 valence electrons. The number of aliphatic hydroxyl groups is 1. The van der Waals surface area contributed by atoms with Crippen LogP contribution in [-0.4, -0.2) is 69.1 Å². The first-order chi connectivity index (χ1) is 19.0. The Balaban J connectivity index is 1.48. The number of hydrogen-bond donors (Lipinski definition) is 3. The SMILES string of the molecule is CNC(=O)N1C[C@@H](NS(=O)(=O)c2ccc(OC(F)(F)F)cc2)[C@H](O)[C@@H](N2c3ccccc3Oc3ccccc32)C1. The number of carbonyl (C=O) groups is 1. The highest BCUT2D eigenvalue weighted by Crippen LogP contribution is 2.48. The number of piperidine rings is 1. The predicted octanol–water partition coefficient (Wildman–Crippen LogP) is 3.56. The van der Waals surface area contributed by atoms with Crippen molar-refractivity contribution in [1.29, 1.82) is 0 Å². The fourth-order valence-electron chi connectivity index (χ4n) is 4.87. The molecule has 0 radical (unpaired) electrons. The average molecular weight is 579 g/mol. The molecule has 40 heavy (non-hydrogen) atoms. The van der Waals surface area contributed by atoms with Crippen molar-refractivity contribution in [1.82, 2.24) is 14.9 Å². The number of aliphatic hydroxyl groups excluding tert-OH is 1. The molecule has 1 saturated heterocycles. The van der Waals surface area contributed by atoms with Crippen molar-refractivity contribution in [2.45, 2.75) is 29.4 Å². The van der Waals surface area contributed by atoms with Gasteiger partial charge in [0.2, 0.25) is 10.0 Å². The number of hydrogen-bond acceptors (Lipinski definition) is 7. The second-order valence-electron chi connectivity index (χ2n) is 9.17. The van der Waals surface area contributed by atoms with Gasteiger partial charge in [0.25, 0.3) is 0 Å². The fourth-order valence-corrected chi connectivity index (χ4v) is 6.11. The number of nitrogens with zero attached hydrogens (tertiary/aromatic N) is 2. The number of likely N-dealkylation sites (tertiary alicyclic amines) is 1. The largest absolute Gasteiger partial charge is 0.573 e. The molecule has 2 aliphatic rings. The molecule has 0 aromatic heterocycles. The Morgan fingerprint density at radius 2 is 1.55 bits per heavy atom. The van der Waals surface area contributed by atoms with Crippen LogP contribution in [0.2, 0.25) is 0 Å². The summed E-state index contributed by atoms with van der Waals surface area (Å²) >= 11 is 0. The van der Waals surface area contributed by atoms with E-state index in [0.29, 0.717) is 22.9 Å². The molecule has 0 spiro atoms. The minimum Gasteiger partial charge on any atom is -0.453 e. The van der Waals surface area contributed by atoms with E-state index in [1.54, 1.807) is 48.5 Å². The van der Waals surface area contributed by atoms with Gasteiger partial charge >= 0.3 is 12.4 Å². The van der Waals surface area contributed by atoms with Gasteiger partial charge in [0.1, 0.15) is 5.75 Å². The van der Waals surface area contributed by atoms with Crippen LogP contribution in [0.15, 0.2) is 77.7 Å². The zero-order chi connectivity index (χ0) is 28.7. The highest BCUT2D eigenvalue weighted by atomic mass is 32.2. The van der Waals surface area contributed by atoms with Crippen LogP contribution in [-0.2, 0) is 10.0 Å². The topological polar surface area (TPSA) is 120 Å². The van der Waals surface area contributed by atoms with Gasteiger partial charge in [-0.2, -0.15) is 0 Å². The monoisotopic (exact) mass is 578 g/mol. The zero-order valence-corrected chi connectivity index (χ0v) is 21.8. The first-order valence-electron chi connectivity index (χ1n) is 12.1. The molecule has 3 N–H and O–H groups in total. The van der Waals surface area contributed by atoms with Crippen molar-refractivity contribution in [2.24, 2.45) is 0 Å². The maximum absolute atomic E-state index is 13.2. The Morgan fingerprint density at radius 1 is 0.975 bits per heavy atom. The number of amides is 2. The highest BCUT2D eigenvalue weighted by molar-refractivity contribution is 7.89. The van der Waals surface area contributed by atoms with Crippen LogP contribution in [0.5, 0.6) is 17.2 Å². The highest BCUT2D eigenvalue weighted by Gasteiger charge is 2.44. The number of alkyl halides is 3. The molecule has 3 aromatic carbocycles. The van der Waals surface area contributed by atoms with Gasteiger partial charge < -0.3 is 29.7 Å². The molecule has 2 heterocycles. The lowest BCUT2D eigenvalue weighted by atomic mass is 9.94. The summed E-state index contributed by atoms with van der Waals surface area (Å²) in [5.41, 5.74) is 1.23. The third-order valence-corrected chi connectivity index (χ3v) is 8.11. The van der Waals surface area contributed by atoms with E-state index in [1.807, 2.05) is 4.90 Å². The summed E-state index contributed by atoms with van der Waals surface area (Å²) < 4.78 is 76.2. The molecular formula is C26H25F3N4O6S. The van der Waals surface area contributed by atoms with Gasteiger partial charge in [-0.3, -0.25) is 0 Å². The standard InChI is InChI=1S/C26H25F3N4O6S/c1-30-25(35)32-14-18(31-40(36,37)17-12-10-16(11-13-17)39-26(27,28)29)24(34)21(15-32)33-19-6-2-4-8-22(19)38-23-9-5-3-7-20(23)33/h2-13,18,21,24,31,34H,14-15H2,1H3,(H,30,35)/t18-,21+,24+/m1/s1. The first kappa shape index (κ1) is 27.6. The Kier molecular flexibility index (Phi) is 7.25. The third-order valence-electron chi connectivity index (χ3n) is 6.61. The smallest absolute Gasteiger partial charge is 0.453 e. The van der Waals surface area contributed by atoms with Crippen molar-refractivity contribution in [3.8, 4) is 17.2 Å². The van der Waals surface area contributed by atoms with Crippen molar-refractivity contribution >= 4 is 27.4 Å². The van der Waals surface area contributed by atoms with Crippen LogP contribution in [0.1, 0.15) is 0 Å². The number of para-hydroxylation sites is 4. The van der Waals surface area contributed by atoms with Gasteiger partial charge in [-0.05, 0) is 48.5 Å². The Morgan fingerprint density at radius 3 is 2.10 bits per heavy atom. The molecule has 3 atom stereocenters. The molecule has 5 rings (SSSR count). The second kappa shape index (κ2) is 10.5. The normalized spacial score (nSPS) is 20.7. The van der Waals surface area contributed by atoms with Crippen molar-refractivity contribution in [2.75, 3.05) is 25.0 Å². The Labute approximate surface area is 228 Å². The average Bonchev–Trinajstić information content (AvgIpc) is 2.92. The lowest BCUT2D eigenvalue weighted by molar-refractivity contribution is -0.274. The molecular weight excluding hydrogens is 553 g/mol. The Hall–Kier alpha value is -4.01. The van der Waals surface area contributed by atoms with E-state index < -0.39 is 46.4 Å². The fraction of sp³-hybridized carbons (Fsp3) is 0.269. The molecule has 14 heteroatoms. The van der Waals surface area contributed by atoms with Gasteiger partial charge in [0.05, 0.1) is 34.5 Å². The number of halogens is 3. The van der Waals surface area contributed by atoms with Gasteiger partial charge in [-0.1, -0.05) is 24.3 Å². The van der Waals surface area contributed by atoms with E-state index in [4.69, 9.17) is 4.74 Å². The minimum absolute atomic E-state index is 0.0468. The van der Waals surface area contributed by atoms with E-state index >= 15 is 0 Å². The number of rotatable bonds is 5. The second-order valence-corrected chi connectivity index (χ2v) is 10.9. The number of sulfonamides is 1. The number of benzene rings is 3. The van der Waals surface area contributed by atoms with E-state index in [2.05, 4.69) is 14.8 Å². The van der Waals surface area contributed by atoms with Crippen molar-refractivity contribution in [3.05, 3.63) is 72.8 Å². The first-order valence-corrected chi connectivity index (χ1v) is 13.6. The third kappa shape index (κ3) is 5.50. The van der Waals surface area contributed by atoms with Crippen LogP contribution in [0, 0.1) is 0 Å². The summed E-state index contributed by atoms with van der Waals surface area (Å²) in [5.74, 6) is 0.451. The maximum Gasteiger partial charge on any atom is 0.573 e. The van der Waals surface area contributed by atoms with Gasteiger partial charge in [-0.15, -0.1) is 13.2 Å². The van der Waals surface area contributed by atoms with Crippen LogP contribution < -0.4 is 24.4 Å². The van der Waals surface area contributed by atoms with E-state index in [9.17, 15) is 31.5 Å². The van der Waals surface area contributed by atoms with E-state index in [0.717, 1.165) is 24.3 Å². The molecule has 2 amide bonds. The molecule has 2 aliphatic heterocycles. The number of carbonyl (C=O) groups excluding carboxylic acids is 1. The number of urea groups is 1. The number of fused-ring (bicyclic) bond motifs is 2. The van der Waals surface area contributed by atoms with E-state index in [1.165, 1.54) is 11.9 Å². The van der Waals surface area contributed by atoms with Crippen molar-refractivity contribution < 1.29 is 41.0 Å².